The molecule has 0 saturated carbocycles. The van der Waals surface area contributed by atoms with Gasteiger partial charge in [0, 0.05) is 18.1 Å². The molecule has 0 fully saturated rings. The van der Waals surface area contributed by atoms with Crippen molar-refractivity contribution in [2.24, 2.45) is 5.41 Å². The smallest absolute Gasteiger partial charge is 0.294 e. The summed E-state index contributed by atoms with van der Waals surface area (Å²) in [5, 5.41) is 0.804. The third kappa shape index (κ3) is 2.34. The van der Waals surface area contributed by atoms with Crippen molar-refractivity contribution in [3.63, 3.8) is 0 Å². The molecule has 0 aliphatic carbocycles. The minimum Gasteiger partial charge on any atom is -0.491 e. The predicted octanol–water partition coefficient (Wildman–Crippen LogP) is 1.85. The summed E-state index contributed by atoms with van der Waals surface area (Å²) >= 11 is 0. The first-order valence-corrected chi connectivity index (χ1v) is 5.80. The van der Waals surface area contributed by atoms with Gasteiger partial charge in [0.1, 0.15) is 12.0 Å². The third-order valence-corrected chi connectivity index (χ3v) is 2.57. The van der Waals surface area contributed by atoms with E-state index in [0.717, 1.165) is 5.39 Å². The molecule has 5 nitrogen and oxygen atoms in total. The van der Waals surface area contributed by atoms with Crippen molar-refractivity contribution in [3.05, 3.63) is 28.9 Å². The molecule has 5 heteroatoms. The van der Waals surface area contributed by atoms with Gasteiger partial charge in [-0.3, -0.25) is 9.36 Å². The van der Waals surface area contributed by atoms with Crippen LogP contribution < -0.4 is 10.3 Å². The Morgan fingerprint density at radius 2 is 2.11 bits per heavy atom. The van der Waals surface area contributed by atoms with Crippen LogP contribution in [-0.4, -0.2) is 21.6 Å². The van der Waals surface area contributed by atoms with Gasteiger partial charge in [-0.1, -0.05) is 20.8 Å². The monoisotopic (exact) mass is 247 g/mol. The van der Waals surface area contributed by atoms with Gasteiger partial charge >= 0.3 is 0 Å². The van der Waals surface area contributed by atoms with Crippen LogP contribution in [0.2, 0.25) is 0 Å². The first kappa shape index (κ1) is 12.5. The molecule has 2 rings (SSSR count). The number of hydrogen-bond acceptors (Lipinski definition) is 4. The molecule has 0 radical (unpaired) electrons. The molecule has 0 saturated heterocycles. The van der Waals surface area contributed by atoms with Gasteiger partial charge in [0.2, 0.25) is 0 Å². The normalized spacial score (nSPS) is 11.8. The summed E-state index contributed by atoms with van der Waals surface area (Å²) in [6.07, 6.45) is 3.14. The summed E-state index contributed by atoms with van der Waals surface area (Å²) in [4.78, 5) is 20.4. The van der Waals surface area contributed by atoms with Crippen LogP contribution in [0.4, 0.5) is 0 Å². The SMILES string of the molecule is COc1cc2cncnc2n(CC(C)(C)C)c1=O. The lowest BCUT2D eigenvalue weighted by Crippen LogP contribution is -2.28. The highest BCUT2D eigenvalue weighted by Gasteiger charge is 2.17. The Balaban J connectivity index is 2.75. The van der Waals surface area contributed by atoms with E-state index in [0.29, 0.717) is 17.9 Å². The average Bonchev–Trinajstić information content (AvgIpc) is 2.31. The Labute approximate surface area is 105 Å². The van der Waals surface area contributed by atoms with Crippen molar-refractivity contribution < 1.29 is 4.74 Å². The van der Waals surface area contributed by atoms with E-state index >= 15 is 0 Å². The molecule has 0 N–H and O–H groups in total. The van der Waals surface area contributed by atoms with Gasteiger partial charge in [0.15, 0.2) is 5.75 Å². The van der Waals surface area contributed by atoms with Crippen molar-refractivity contribution in [3.8, 4) is 5.75 Å². The second-order valence-corrected chi connectivity index (χ2v) is 5.47. The first-order chi connectivity index (χ1) is 8.42. The standard InChI is InChI=1S/C13H17N3O2/c1-13(2,3)7-16-11-9(6-14-8-15-11)5-10(18-4)12(16)17/h5-6,8H,7H2,1-4H3. The van der Waals surface area contributed by atoms with Crippen molar-refractivity contribution in [1.82, 2.24) is 14.5 Å². The lowest BCUT2D eigenvalue weighted by atomic mass is 9.97. The molecule has 0 spiro atoms. The van der Waals surface area contributed by atoms with Crippen molar-refractivity contribution in [2.45, 2.75) is 27.3 Å². The highest BCUT2D eigenvalue weighted by molar-refractivity contribution is 5.75. The van der Waals surface area contributed by atoms with Crippen LogP contribution in [0.3, 0.4) is 0 Å². The van der Waals surface area contributed by atoms with E-state index in [2.05, 4.69) is 30.7 Å². The Hall–Kier alpha value is -1.91. The number of rotatable bonds is 2. The number of aromatic nitrogens is 3. The molecule has 0 aliphatic rings. The number of methoxy groups -OCH3 is 1. The van der Waals surface area contributed by atoms with Gasteiger partial charge < -0.3 is 4.74 Å². The Bertz CT molecular complexity index is 626. The third-order valence-electron chi connectivity index (χ3n) is 2.57. The van der Waals surface area contributed by atoms with Gasteiger partial charge in [-0.15, -0.1) is 0 Å². The summed E-state index contributed by atoms with van der Waals surface area (Å²) < 4.78 is 6.77. The van der Waals surface area contributed by atoms with E-state index in [1.54, 1.807) is 16.8 Å². The highest BCUT2D eigenvalue weighted by Crippen LogP contribution is 2.20. The van der Waals surface area contributed by atoms with E-state index in [9.17, 15) is 4.79 Å². The number of hydrogen-bond donors (Lipinski definition) is 0. The maximum Gasteiger partial charge on any atom is 0.294 e. The van der Waals surface area contributed by atoms with E-state index in [4.69, 9.17) is 4.74 Å². The zero-order valence-electron chi connectivity index (χ0n) is 11.1. The summed E-state index contributed by atoms with van der Waals surface area (Å²) in [5.74, 6) is 0.321. The largest absolute Gasteiger partial charge is 0.491 e. The van der Waals surface area contributed by atoms with Crippen LogP contribution in [0.15, 0.2) is 23.4 Å². The van der Waals surface area contributed by atoms with Crippen LogP contribution in [0, 0.1) is 5.41 Å². The van der Waals surface area contributed by atoms with E-state index in [1.165, 1.54) is 13.4 Å². The van der Waals surface area contributed by atoms with E-state index in [-0.39, 0.29) is 11.0 Å². The predicted molar refractivity (Wildman–Crippen MR) is 69.8 cm³/mol. The van der Waals surface area contributed by atoms with E-state index in [1.807, 2.05) is 0 Å². The quantitative estimate of drug-likeness (QED) is 0.812. The lowest BCUT2D eigenvalue weighted by Gasteiger charge is -2.21. The Kier molecular flexibility index (Phi) is 3.07. The molecule has 0 amide bonds. The fourth-order valence-corrected chi connectivity index (χ4v) is 1.86. The van der Waals surface area contributed by atoms with Crippen molar-refractivity contribution >= 4 is 11.0 Å². The van der Waals surface area contributed by atoms with Crippen LogP contribution in [0.5, 0.6) is 5.75 Å². The summed E-state index contributed by atoms with van der Waals surface area (Å²) in [6, 6.07) is 1.68. The Morgan fingerprint density at radius 1 is 1.39 bits per heavy atom. The molecule has 0 aromatic carbocycles. The zero-order chi connectivity index (χ0) is 13.3. The molecule has 0 unspecified atom stereocenters. The Morgan fingerprint density at radius 3 is 2.72 bits per heavy atom. The van der Waals surface area contributed by atoms with Crippen LogP contribution >= 0.6 is 0 Å². The molecular weight excluding hydrogens is 230 g/mol. The second kappa shape index (κ2) is 4.40. The molecule has 2 heterocycles. The molecule has 0 aliphatic heterocycles. The van der Waals surface area contributed by atoms with Gasteiger partial charge in [0.25, 0.3) is 5.56 Å². The molecule has 2 aromatic heterocycles. The van der Waals surface area contributed by atoms with Gasteiger partial charge in [-0.05, 0) is 11.5 Å². The molecular formula is C13H17N3O2. The number of fused-ring (bicyclic) bond motifs is 1. The zero-order valence-corrected chi connectivity index (χ0v) is 11.1. The summed E-state index contributed by atoms with van der Waals surface area (Å²) in [6.45, 7) is 6.81. The number of ether oxygens (including phenoxy) is 1. The molecule has 18 heavy (non-hydrogen) atoms. The average molecular weight is 247 g/mol. The topological polar surface area (TPSA) is 57.0 Å². The summed E-state index contributed by atoms with van der Waals surface area (Å²) in [7, 11) is 1.49. The molecule has 0 atom stereocenters. The maximum absolute atomic E-state index is 12.3. The number of pyridine rings is 1. The highest BCUT2D eigenvalue weighted by atomic mass is 16.5. The fourth-order valence-electron chi connectivity index (χ4n) is 1.86. The fraction of sp³-hybridized carbons (Fsp3) is 0.462. The van der Waals surface area contributed by atoms with Gasteiger partial charge in [0.05, 0.1) is 7.11 Å². The van der Waals surface area contributed by atoms with Crippen molar-refractivity contribution in [1.29, 1.82) is 0 Å². The first-order valence-electron chi connectivity index (χ1n) is 5.80. The molecule has 96 valence electrons. The number of nitrogens with zero attached hydrogens (tertiary/aromatic N) is 3. The lowest BCUT2D eigenvalue weighted by molar-refractivity contribution is 0.335. The van der Waals surface area contributed by atoms with Crippen LogP contribution in [0.25, 0.3) is 11.0 Å². The second-order valence-electron chi connectivity index (χ2n) is 5.47. The van der Waals surface area contributed by atoms with E-state index < -0.39 is 0 Å². The van der Waals surface area contributed by atoms with Crippen LogP contribution in [0.1, 0.15) is 20.8 Å². The minimum absolute atomic E-state index is 0.0198. The molecule has 2 aromatic rings. The van der Waals surface area contributed by atoms with Crippen LogP contribution in [-0.2, 0) is 6.54 Å². The minimum atomic E-state index is -0.154. The van der Waals surface area contributed by atoms with Crippen molar-refractivity contribution in [2.75, 3.05) is 7.11 Å². The molecule has 0 bridgehead atoms. The summed E-state index contributed by atoms with van der Waals surface area (Å²) in [5.41, 5.74) is 0.470. The van der Waals surface area contributed by atoms with Gasteiger partial charge in [-0.25, -0.2) is 9.97 Å². The maximum atomic E-state index is 12.3. The van der Waals surface area contributed by atoms with Gasteiger partial charge in [-0.2, -0.15) is 0 Å².